The third-order valence-electron chi connectivity index (χ3n) is 2.98. The van der Waals surface area contributed by atoms with Gasteiger partial charge < -0.3 is 9.84 Å². The quantitative estimate of drug-likeness (QED) is 0.937. The summed E-state index contributed by atoms with van der Waals surface area (Å²) in [4.78, 5) is 28.4. The molecular weight excluding hydrogens is 292 g/mol. The van der Waals surface area contributed by atoms with Gasteiger partial charge in [0.05, 0.1) is 30.5 Å². The lowest BCUT2D eigenvalue weighted by Gasteiger charge is -2.19. The van der Waals surface area contributed by atoms with Gasteiger partial charge in [-0.2, -0.15) is 0 Å². The van der Waals surface area contributed by atoms with E-state index < -0.39 is 5.97 Å². The van der Waals surface area contributed by atoms with Crippen LogP contribution in [0.5, 0.6) is 0 Å². The van der Waals surface area contributed by atoms with Crippen molar-refractivity contribution in [3.63, 3.8) is 0 Å². The number of fused-ring (bicyclic) bond motifs is 1. The van der Waals surface area contributed by atoms with Crippen LogP contribution >= 0.6 is 11.3 Å². The molecule has 0 aromatic carbocycles. The zero-order valence-corrected chi connectivity index (χ0v) is 13.3. The predicted molar refractivity (Wildman–Crippen MR) is 81.3 cm³/mol. The number of ether oxygens (including phenoxy) is 1. The number of nitrogens with zero attached hydrogens (tertiary/aromatic N) is 2. The molecule has 114 valence electrons. The smallest absolute Gasteiger partial charge is 0.346 e. The van der Waals surface area contributed by atoms with E-state index in [1.165, 1.54) is 10.9 Å². The van der Waals surface area contributed by atoms with Gasteiger partial charge in [-0.15, -0.1) is 11.3 Å². The molecule has 21 heavy (non-hydrogen) atoms. The SMILES string of the molecule is Cc1c(C(=O)O)sc2ncn(CCOC(C)(C)C)c(=O)c12. The fourth-order valence-electron chi connectivity index (χ4n) is 1.97. The van der Waals surface area contributed by atoms with Crippen molar-refractivity contribution < 1.29 is 14.6 Å². The Hall–Kier alpha value is -1.73. The highest BCUT2D eigenvalue weighted by molar-refractivity contribution is 7.20. The van der Waals surface area contributed by atoms with Crippen LogP contribution in [0.2, 0.25) is 0 Å². The number of aromatic carboxylic acids is 1. The minimum absolute atomic E-state index is 0.165. The van der Waals surface area contributed by atoms with Crippen LogP contribution in [0.4, 0.5) is 0 Å². The third kappa shape index (κ3) is 3.30. The molecule has 7 heteroatoms. The Balaban J connectivity index is 2.36. The van der Waals surface area contributed by atoms with Crippen LogP contribution in [0.15, 0.2) is 11.1 Å². The van der Waals surface area contributed by atoms with Crippen molar-refractivity contribution in [2.45, 2.75) is 39.8 Å². The largest absolute Gasteiger partial charge is 0.477 e. The van der Waals surface area contributed by atoms with Crippen LogP contribution < -0.4 is 5.56 Å². The lowest BCUT2D eigenvalue weighted by Crippen LogP contribution is -2.26. The summed E-state index contributed by atoms with van der Waals surface area (Å²) >= 11 is 1.03. The average Bonchev–Trinajstić information content (AvgIpc) is 2.69. The second-order valence-electron chi connectivity index (χ2n) is 5.75. The highest BCUT2D eigenvalue weighted by Gasteiger charge is 2.18. The molecule has 0 saturated heterocycles. The number of hydrogen-bond donors (Lipinski definition) is 1. The second-order valence-corrected chi connectivity index (χ2v) is 6.74. The van der Waals surface area contributed by atoms with E-state index in [0.717, 1.165) is 11.3 Å². The van der Waals surface area contributed by atoms with Crippen LogP contribution in [0.3, 0.4) is 0 Å². The Labute approximate surface area is 126 Å². The molecule has 2 heterocycles. The molecule has 1 N–H and O–H groups in total. The normalized spacial score (nSPS) is 12.0. The maximum absolute atomic E-state index is 12.4. The summed E-state index contributed by atoms with van der Waals surface area (Å²) in [5.74, 6) is -1.03. The summed E-state index contributed by atoms with van der Waals surface area (Å²) in [6.45, 7) is 8.25. The van der Waals surface area contributed by atoms with Crippen molar-refractivity contribution in [2.24, 2.45) is 0 Å². The Morgan fingerprint density at radius 1 is 1.48 bits per heavy atom. The lowest BCUT2D eigenvalue weighted by molar-refractivity contribution is -0.00717. The highest BCUT2D eigenvalue weighted by atomic mass is 32.1. The summed E-state index contributed by atoms with van der Waals surface area (Å²) in [6, 6.07) is 0. The molecule has 0 spiro atoms. The Morgan fingerprint density at radius 3 is 2.71 bits per heavy atom. The van der Waals surface area contributed by atoms with Crippen molar-refractivity contribution in [1.82, 2.24) is 9.55 Å². The van der Waals surface area contributed by atoms with Gasteiger partial charge in [0.2, 0.25) is 0 Å². The van der Waals surface area contributed by atoms with Gasteiger partial charge in [0, 0.05) is 0 Å². The molecule has 0 fully saturated rings. The summed E-state index contributed by atoms with van der Waals surface area (Å²) < 4.78 is 7.05. The molecule has 0 aliphatic carbocycles. The van der Waals surface area contributed by atoms with E-state index in [1.54, 1.807) is 6.92 Å². The van der Waals surface area contributed by atoms with Crippen molar-refractivity contribution >= 4 is 27.5 Å². The van der Waals surface area contributed by atoms with E-state index >= 15 is 0 Å². The topological polar surface area (TPSA) is 81.4 Å². The van der Waals surface area contributed by atoms with Crippen LogP contribution in [-0.4, -0.2) is 32.8 Å². The van der Waals surface area contributed by atoms with Crippen LogP contribution in [0.1, 0.15) is 36.0 Å². The summed E-state index contributed by atoms with van der Waals surface area (Å²) in [6.07, 6.45) is 1.44. The van der Waals surface area contributed by atoms with Crippen molar-refractivity contribution in [3.8, 4) is 0 Å². The number of carboxylic acids is 1. The molecule has 0 saturated carbocycles. The fraction of sp³-hybridized carbons (Fsp3) is 0.500. The minimum atomic E-state index is -1.03. The van der Waals surface area contributed by atoms with Gasteiger partial charge >= 0.3 is 5.97 Å². The number of thiophene rings is 1. The molecule has 0 atom stereocenters. The molecule has 0 bridgehead atoms. The number of aryl methyl sites for hydroxylation is 1. The Kier molecular flexibility index (Phi) is 4.15. The van der Waals surface area contributed by atoms with Crippen molar-refractivity contribution in [1.29, 1.82) is 0 Å². The monoisotopic (exact) mass is 310 g/mol. The van der Waals surface area contributed by atoms with Crippen LogP contribution in [0.25, 0.3) is 10.2 Å². The molecule has 2 rings (SSSR count). The molecule has 0 aliphatic heterocycles. The molecule has 0 radical (unpaired) electrons. The standard InChI is InChI=1S/C14H18N2O4S/c1-8-9-11(21-10(8)13(18)19)15-7-16(12(9)17)5-6-20-14(2,3)4/h7H,5-6H2,1-4H3,(H,18,19). The van der Waals surface area contributed by atoms with E-state index in [9.17, 15) is 9.59 Å². The highest BCUT2D eigenvalue weighted by Crippen LogP contribution is 2.26. The van der Waals surface area contributed by atoms with E-state index in [-0.39, 0.29) is 16.0 Å². The number of aromatic nitrogens is 2. The zero-order valence-electron chi connectivity index (χ0n) is 12.5. The van der Waals surface area contributed by atoms with Crippen molar-refractivity contribution in [3.05, 3.63) is 27.1 Å². The Bertz CT molecular complexity index is 740. The van der Waals surface area contributed by atoms with E-state index in [1.807, 2.05) is 20.8 Å². The maximum Gasteiger partial charge on any atom is 0.346 e. The summed E-state index contributed by atoms with van der Waals surface area (Å²) in [5, 5.41) is 9.50. The first-order chi connectivity index (χ1) is 9.70. The van der Waals surface area contributed by atoms with Crippen molar-refractivity contribution in [2.75, 3.05) is 6.61 Å². The lowest BCUT2D eigenvalue weighted by atomic mass is 10.2. The number of hydrogen-bond acceptors (Lipinski definition) is 5. The van der Waals surface area contributed by atoms with Gasteiger partial charge in [-0.05, 0) is 33.3 Å². The first-order valence-corrected chi connectivity index (χ1v) is 7.38. The van der Waals surface area contributed by atoms with E-state index in [2.05, 4.69) is 4.98 Å². The van der Waals surface area contributed by atoms with Gasteiger partial charge in [-0.1, -0.05) is 0 Å². The second kappa shape index (κ2) is 5.57. The number of rotatable bonds is 4. The molecule has 6 nitrogen and oxygen atoms in total. The van der Waals surface area contributed by atoms with Gasteiger partial charge in [-0.25, -0.2) is 9.78 Å². The van der Waals surface area contributed by atoms with Crippen LogP contribution in [0, 0.1) is 6.92 Å². The number of carbonyl (C=O) groups is 1. The molecule has 2 aromatic heterocycles. The zero-order chi connectivity index (χ0) is 15.8. The average molecular weight is 310 g/mol. The van der Waals surface area contributed by atoms with Gasteiger partial charge in [0.1, 0.15) is 9.71 Å². The van der Waals surface area contributed by atoms with Crippen LogP contribution in [-0.2, 0) is 11.3 Å². The molecule has 0 aliphatic rings. The van der Waals surface area contributed by atoms with E-state index in [0.29, 0.717) is 28.9 Å². The van der Waals surface area contributed by atoms with Gasteiger partial charge in [-0.3, -0.25) is 9.36 Å². The summed E-state index contributed by atoms with van der Waals surface area (Å²) in [5.41, 5.74) is -0.0135. The molecule has 0 amide bonds. The Morgan fingerprint density at radius 2 is 2.14 bits per heavy atom. The molecular formula is C14H18N2O4S. The first kappa shape index (κ1) is 15.7. The molecule has 0 unspecified atom stereocenters. The maximum atomic E-state index is 12.4. The minimum Gasteiger partial charge on any atom is -0.477 e. The molecule has 2 aromatic rings. The van der Waals surface area contributed by atoms with Gasteiger partial charge in [0.25, 0.3) is 5.56 Å². The first-order valence-electron chi connectivity index (χ1n) is 6.56. The van der Waals surface area contributed by atoms with Gasteiger partial charge in [0.15, 0.2) is 0 Å². The third-order valence-corrected chi connectivity index (χ3v) is 4.17. The summed E-state index contributed by atoms with van der Waals surface area (Å²) in [7, 11) is 0. The predicted octanol–water partition coefficient (Wildman–Crippen LogP) is 2.28. The van der Waals surface area contributed by atoms with E-state index in [4.69, 9.17) is 9.84 Å². The fourth-order valence-corrected chi connectivity index (χ4v) is 2.95. The number of carboxylic acid groups (broad SMARTS) is 1.